The monoisotopic (exact) mass is 1750 g/mol. The topological polar surface area (TPSA) is 496 Å². The Bertz CT molecular complexity index is 7310. The van der Waals surface area contributed by atoms with Gasteiger partial charge < -0.3 is 81.0 Å². The molecule has 0 saturated carbocycles. The van der Waals surface area contributed by atoms with E-state index in [2.05, 4.69) is 89.9 Å². The Morgan fingerprint density at radius 1 is 0.362 bits per heavy atom. The largest absolute Gasteiger partial charge is 0.478 e. The van der Waals surface area contributed by atoms with E-state index in [1.165, 1.54) is 12.2 Å². The van der Waals surface area contributed by atoms with Gasteiger partial charge in [0.25, 0.3) is 23.5 Å². The van der Waals surface area contributed by atoms with Crippen LogP contribution in [0.3, 0.4) is 0 Å². The summed E-state index contributed by atoms with van der Waals surface area (Å²) < 4.78 is 42.0. The average molecular weight is 1750 g/mol. The number of amidine groups is 6. The Labute approximate surface area is 743 Å². The van der Waals surface area contributed by atoms with E-state index in [0.29, 0.717) is 115 Å². The van der Waals surface area contributed by atoms with Crippen LogP contribution in [0.25, 0.3) is 33.1 Å². The lowest BCUT2D eigenvalue weighted by Gasteiger charge is -2.16. The lowest BCUT2D eigenvalue weighted by molar-refractivity contribution is 0.290. The Morgan fingerprint density at radius 3 is 1.22 bits per heavy atom. The first-order chi connectivity index (χ1) is 63.1. The molecule has 3 aliphatic rings. The molecule has 19 rings (SSSR count). The number of nitrogens with one attached hydrogen (secondary N) is 8. The van der Waals surface area contributed by atoms with Crippen LogP contribution in [0, 0.1) is 71.6 Å². The summed E-state index contributed by atoms with van der Waals surface area (Å²) in [4.78, 5) is 45.0. The second-order valence-electron chi connectivity index (χ2n) is 30.7. The minimum atomic E-state index is 0.0913. The predicted octanol–water partition coefficient (Wildman–Crippen LogP) is 11.6. The van der Waals surface area contributed by atoms with Gasteiger partial charge in [-0.05, 0) is 157 Å². The second kappa shape index (κ2) is 36.9. The van der Waals surface area contributed by atoms with Crippen molar-refractivity contribution in [3.8, 4) is 23.5 Å². The number of dihydropyridines is 3. The summed E-state index contributed by atoms with van der Waals surface area (Å²) in [5.74, 6) is 4.27. The number of aliphatic imine (C=N–C) groups is 6. The molecule has 41 heteroatoms. The number of hydrogen-bond acceptors (Lipinski definition) is 28. The molecule has 16 aromatic heterocycles. The molecular weight excluding hydrogens is 1650 g/mol. The number of nitrogens with two attached hydrogens (primary N) is 3. The van der Waals surface area contributed by atoms with Crippen LogP contribution in [0.2, 0.25) is 0 Å². The number of aryl methyl sites for hydroxylation is 10. The van der Waals surface area contributed by atoms with Crippen molar-refractivity contribution in [2.45, 2.75) is 94.4 Å². The Balaban J connectivity index is 0.000000138. The van der Waals surface area contributed by atoms with Gasteiger partial charge in [-0.15, -0.1) is 30.6 Å². The van der Waals surface area contributed by atoms with Crippen LogP contribution in [-0.4, -0.2) is 189 Å². The molecule has 0 spiro atoms. The minimum Gasteiger partial charge on any atom is -0.478 e. The number of ether oxygens (including phenoxy) is 4. The van der Waals surface area contributed by atoms with Crippen molar-refractivity contribution in [3.05, 3.63) is 253 Å². The van der Waals surface area contributed by atoms with Crippen molar-refractivity contribution in [3.63, 3.8) is 0 Å². The van der Waals surface area contributed by atoms with Gasteiger partial charge in [0.2, 0.25) is 0 Å². The lowest BCUT2D eigenvalue weighted by Crippen LogP contribution is -2.29. The molecule has 19 heterocycles. The molecule has 0 atom stereocenters. The van der Waals surface area contributed by atoms with E-state index < -0.39 is 0 Å². The SMILES string of the molecule is COc1nn2c(C)c(C)ccc2c1N=C1N=C(Nc2c(OC)nn3c(C)c(C)ccc23)C(=N)C=C1N.Cc1ccc2c(N=C3N=C(Nc4c(NCCn5ccnc5)nn5c(C)c(C)ccc45)C(=N)C=C3N)c(NCCn3ccnc3)nn2c1C.N=C1C=C(N)C(=Nc2c(OCCCn3ccnc3)nn3ccccc23)N=C1Nc1c(OCCCn2ccnc2)nn2ccccc12. The predicted molar refractivity (Wildman–Crippen MR) is 503 cm³/mol. The van der Waals surface area contributed by atoms with Gasteiger partial charge in [0.05, 0.1) is 120 Å². The van der Waals surface area contributed by atoms with Crippen molar-refractivity contribution < 1.29 is 18.9 Å². The summed E-state index contributed by atoms with van der Waals surface area (Å²) in [6.07, 6.45) is 31.5. The summed E-state index contributed by atoms with van der Waals surface area (Å²) in [6.45, 7) is 21.2. The number of rotatable bonds is 26. The summed E-state index contributed by atoms with van der Waals surface area (Å²) in [6, 6.07) is 27.4. The molecule has 0 bridgehead atoms. The molecule has 0 radical (unpaired) electrons. The van der Waals surface area contributed by atoms with Gasteiger partial charge in [0.1, 0.15) is 22.7 Å². The normalized spacial score (nSPS) is 14.4. The molecule has 16 aromatic rings. The fourth-order valence-electron chi connectivity index (χ4n) is 14.5. The molecule has 14 N–H and O–H groups in total. The van der Waals surface area contributed by atoms with E-state index in [1.807, 2.05) is 192 Å². The van der Waals surface area contributed by atoms with Crippen molar-refractivity contribution >= 4 is 131 Å². The van der Waals surface area contributed by atoms with E-state index in [4.69, 9.17) is 82.5 Å². The zero-order valence-electron chi connectivity index (χ0n) is 73.0. The fourth-order valence-corrected chi connectivity index (χ4v) is 14.5. The van der Waals surface area contributed by atoms with E-state index in [-0.39, 0.29) is 63.4 Å². The van der Waals surface area contributed by atoms with Crippen LogP contribution in [0.5, 0.6) is 23.5 Å². The average Bonchev–Trinajstić information content (AvgIpc) is 1.63. The summed E-state index contributed by atoms with van der Waals surface area (Å²) in [5, 5.41) is 70.8. The molecule has 0 aliphatic carbocycles. The van der Waals surface area contributed by atoms with Crippen LogP contribution in [-0.2, 0) is 26.2 Å². The molecule has 0 amide bonds. The van der Waals surface area contributed by atoms with E-state index in [9.17, 15) is 0 Å². The van der Waals surface area contributed by atoms with Crippen molar-refractivity contribution in [2.24, 2.45) is 47.2 Å². The number of nitrogens with zero attached hydrogens (tertiary/aromatic N) is 26. The Kier molecular flexibility index (Phi) is 24.2. The maximum atomic E-state index is 8.79. The third-order valence-corrected chi connectivity index (χ3v) is 22.1. The van der Waals surface area contributed by atoms with E-state index in [1.54, 1.807) is 88.5 Å². The third kappa shape index (κ3) is 17.7. The molecule has 130 heavy (non-hydrogen) atoms. The fraction of sp³-hybridized carbons (Fsp3) is 0.225. The van der Waals surface area contributed by atoms with E-state index >= 15 is 0 Å². The van der Waals surface area contributed by atoms with Gasteiger partial charge in [-0.25, -0.2) is 77.0 Å². The quantitative estimate of drug-likeness (QED) is 0.0224. The van der Waals surface area contributed by atoms with Crippen molar-refractivity contribution in [1.29, 1.82) is 16.2 Å². The number of imidazole rings is 4. The maximum Gasteiger partial charge on any atom is 0.260 e. The number of fused-ring (bicyclic) bond motifs is 6. The first kappa shape index (κ1) is 85.0. The zero-order valence-corrected chi connectivity index (χ0v) is 73.0. The number of anilines is 5. The van der Waals surface area contributed by atoms with Gasteiger partial charge >= 0.3 is 0 Å². The van der Waals surface area contributed by atoms with Crippen LogP contribution in [0.15, 0.2) is 237 Å². The van der Waals surface area contributed by atoms with Gasteiger partial charge in [-0.3, -0.25) is 16.2 Å². The zero-order chi connectivity index (χ0) is 90.4. The molecule has 41 nitrogen and oxygen atoms in total. The Morgan fingerprint density at radius 2 is 0.731 bits per heavy atom. The van der Waals surface area contributed by atoms with Gasteiger partial charge in [-0.2, -0.15) is 0 Å². The van der Waals surface area contributed by atoms with Crippen LogP contribution < -0.4 is 62.7 Å². The molecule has 0 unspecified atom stereocenters. The van der Waals surface area contributed by atoms with Gasteiger partial charge in [-0.1, -0.05) is 36.4 Å². The standard InChI is InChI=1S/C33H37N15.C31H31N13O2.C25H27N9O2/c1-20-5-7-26-28(32(43-47(26)22(20)3)38-11-15-45-13-9-36-18-45)40-30-24(34)17-25(35)31(42-30)41-29-27-8-6-21(2)23(4)48(27)44-33(29)39-12-16-46-14-10-37-19-46;32-22-19-23(33)29(37-27-25-8-2-4-14-44(25)40-31(27)46-18-6-12-42-16-10-35-21-42)38-28(22)36-26-24-7-1-3-13-43(24)39-30(26)45-17-5-11-41-15-9-34-20-41;1-12-7-9-18-20(24(35-5)31-33(18)14(12)3)28-22-16(26)11-17(27)23(30-22)29-21-19-10-8-13(2)15(4)34(19)32-25(21)36-6/h5-10,13-14,17-19,34H,11-12,15-16,35H2,1-4H3,(H,38,43)(H,39,44)(H,40,41,42);1-4,7-10,13-16,19-21,32H,5-6,11-12,17-18,33H2,(H,36,37,38);7-11,26H,27H2,1-6H3,(H,28,29,30). The maximum absolute atomic E-state index is 8.79. The lowest BCUT2D eigenvalue weighted by atomic mass is 10.2. The highest BCUT2D eigenvalue weighted by Crippen LogP contribution is 2.39. The van der Waals surface area contributed by atoms with Gasteiger partial charge in [0, 0.05) is 124 Å². The van der Waals surface area contributed by atoms with Crippen LogP contribution in [0.1, 0.15) is 57.9 Å². The van der Waals surface area contributed by atoms with Crippen molar-refractivity contribution in [1.82, 2.24) is 95.9 Å². The number of aromatic nitrogens is 20. The highest BCUT2D eigenvalue weighted by Gasteiger charge is 2.29. The molecule has 3 aliphatic heterocycles. The molecule has 0 aromatic carbocycles. The third-order valence-electron chi connectivity index (χ3n) is 22.1. The number of methoxy groups -OCH3 is 2. The molecule has 0 saturated heterocycles. The molecule has 0 fully saturated rings. The van der Waals surface area contributed by atoms with Crippen molar-refractivity contribution in [2.75, 3.05) is 67.1 Å². The number of pyridine rings is 6. The Hall–Kier alpha value is -17.2. The summed E-state index contributed by atoms with van der Waals surface area (Å²) in [7, 11) is 3.09. The van der Waals surface area contributed by atoms with Crippen LogP contribution >= 0.6 is 0 Å². The van der Waals surface area contributed by atoms with E-state index in [0.717, 1.165) is 104 Å². The summed E-state index contributed by atoms with van der Waals surface area (Å²) >= 11 is 0. The highest BCUT2D eigenvalue weighted by atomic mass is 16.5. The highest BCUT2D eigenvalue weighted by molar-refractivity contribution is 6.54. The summed E-state index contributed by atoms with van der Waals surface area (Å²) in [5.41, 5.74) is 36.7. The molecule has 660 valence electrons. The second-order valence-corrected chi connectivity index (χ2v) is 30.7. The van der Waals surface area contributed by atoms with Gasteiger partial charge in [0.15, 0.2) is 58.0 Å². The van der Waals surface area contributed by atoms with Crippen LogP contribution in [0.4, 0.5) is 45.8 Å². The number of hydrogen-bond donors (Lipinski definition) is 11. The smallest absolute Gasteiger partial charge is 0.260 e. The minimum absolute atomic E-state index is 0.0913. The first-order valence-corrected chi connectivity index (χ1v) is 41.7. The molecular formula is C89H95N37O4. The first-order valence-electron chi connectivity index (χ1n) is 41.7.